The van der Waals surface area contributed by atoms with E-state index in [0.29, 0.717) is 10.1 Å². The molecule has 1 unspecified atom stereocenters. The Morgan fingerprint density at radius 3 is 2.40 bits per heavy atom. The first-order chi connectivity index (χ1) is 7.18. The summed E-state index contributed by atoms with van der Waals surface area (Å²) in [6.45, 7) is 0. The Morgan fingerprint density at radius 2 is 1.80 bits per heavy atom. The molecule has 0 saturated carbocycles. The summed E-state index contributed by atoms with van der Waals surface area (Å²) in [5.74, 6) is 0. The van der Waals surface area contributed by atoms with Gasteiger partial charge in [-0.1, -0.05) is 35.3 Å². The summed E-state index contributed by atoms with van der Waals surface area (Å²) in [4.78, 5) is 3.88. The second-order valence-corrected chi connectivity index (χ2v) is 4.34. The largest absolute Gasteiger partial charge is 0.262 e. The molecule has 5 heteroatoms. The molecule has 15 heavy (non-hydrogen) atoms. The first-order valence-electron chi connectivity index (χ1n) is 4.27. The van der Waals surface area contributed by atoms with Crippen molar-refractivity contribution >= 4 is 41.3 Å². The monoisotopic (exact) mass is 260 g/mol. The Bertz CT molecular complexity index is 411. The summed E-state index contributed by atoms with van der Waals surface area (Å²) in [5, 5.41) is 1.26. The van der Waals surface area contributed by atoms with Crippen LogP contribution < -0.4 is 0 Å². The maximum absolute atomic E-state index is 6.04. The van der Waals surface area contributed by atoms with Gasteiger partial charge in [-0.3, -0.25) is 4.42 Å². The van der Waals surface area contributed by atoms with Crippen molar-refractivity contribution in [2.24, 2.45) is 4.99 Å². The van der Waals surface area contributed by atoms with Gasteiger partial charge >= 0.3 is 0 Å². The van der Waals surface area contributed by atoms with Crippen molar-refractivity contribution < 1.29 is 0 Å². The Balaban J connectivity index is 2.34. The van der Waals surface area contributed by atoms with Crippen LogP contribution in [0, 0.1) is 0 Å². The lowest BCUT2D eigenvalue weighted by Gasteiger charge is -2.25. The van der Waals surface area contributed by atoms with Crippen LogP contribution >= 0.6 is 35.0 Å². The van der Waals surface area contributed by atoms with Crippen LogP contribution in [0.2, 0.25) is 5.02 Å². The van der Waals surface area contributed by atoms with Crippen molar-refractivity contribution in [3.05, 3.63) is 46.1 Å². The minimum Gasteiger partial charge on any atom is -0.262 e. The average Bonchev–Trinajstić information content (AvgIpc) is 2.20. The van der Waals surface area contributed by atoms with Crippen molar-refractivity contribution in [1.82, 2.24) is 4.42 Å². The average molecular weight is 262 g/mol. The van der Waals surface area contributed by atoms with Crippen LogP contribution in [0.3, 0.4) is 0 Å². The highest BCUT2D eigenvalue weighted by atomic mass is 35.5. The first kappa shape index (κ1) is 10.8. The zero-order chi connectivity index (χ0) is 10.8. The molecule has 0 radical (unpaired) electrons. The minimum absolute atomic E-state index is 0.192. The number of hydrogen-bond donors (Lipinski definition) is 0. The van der Waals surface area contributed by atoms with Gasteiger partial charge in [0.05, 0.1) is 5.03 Å². The molecule has 1 aromatic rings. The lowest BCUT2D eigenvalue weighted by molar-refractivity contribution is 0.565. The summed E-state index contributed by atoms with van der Waals surface area (Å²) in [6, 6.07) is 7.19. The van der Waals surface area contributed by atoms with Crippen molar-refractivity contribution in [3.8, 4) is 0 Å². The van der Waals surface area contributed by atoms with E-state index in [9.17, 15) is 0 Å². The van der Waals surface area contributed by atoms with E-state index in [1.807, 2.05) is 12.1 Å². The van der Waals surface area contributed by atoms with E-state index in [1.54, 1.807) is 18.3 Å². The van der Waals surface area contributed by atoms with Gasteiger partial charge in [0.1, 0.15) is 12.4 Å². The number of rotatable bonds is 1. The van der Waals surface area contributed by atoms with Gasteiger partial charge in [0, 0.05) is 23.0 Å². The van der Waals surface area contributed by atoms with Crippen LogP contribution in [-0.2, 0) is 0 Å². The topological polar surface area (TPSA) is 15.6 Å². The van der Waals surface area contributed by atoms with Crippen LogP contribution in [0.25, 0.3) is 0 Å². The number of halogens is 3. The van der Waals surface area contributed by atoms with E-state index in [0.717, 1.165) is 5.56 Å². The second kappa shape index (κ2) is 4.44. The first-order valence-corrected chi connectivity index (χ1v) is 5.36. The maximum Gasteiger partial charge on any atom is 0.109 e. The quantitative estimate of drug-likeness (QED) is 0.699. The molecule has 78 valence electrons. The molecule has 1 atom stereocenters. The number of nitrogens with zero attached hydrogens (tertiary/aromatic N) is 2. The Labute approximate surface area is 103 Å². The van der Waals surface area contributed by atoms with Gasteiger partial charge in [-0.15, -0.1) is 0 Å². The van der Waals surface area contributed by atoms with Crippen LogP contribution in [0.4, 0.5) is 0 Å². The van der Waals surface area contributed by atoms with Gasteiger partial charge in [0.15, 0.2) is 0 Å². The van der Waals surface area contributed by atoms with Crippen LogP contribution in [0.1, 0.15) is 11.6 Å². The predicted octanol–water partition coefficient (Wildman–Crippen LogP) is 3.96. The normalized spacial score (nSPS) is 20.3. The summed E-state index contributed by atoms with van der Waals surface area (Å²) >= 11 is 17.8. The van der Waals surface area contributed by atoms with E-state index in [-0.39, 0.29) is 6.04 Å². The number of benzene rings is 1. The van der Waals surface area contributed by atoms with Crippen LogP contribution in [0.5, 0.6) is 0 Å². The van der Waals surface area contributed by atoms with Gasteiger partial charge in [-0.2, -0.15) is 0 Å². The summed E-state index contributed by atoms with van der Waals surface area (Å²) in [6.07, 6.45) is 3.10. The van der Waals surface area contributed by atoms with Gasteiger partial charge in [-0.25, -0.2) is 4.99 Å². The van der Waals surface area contributed by atoms with Gasteiger partial charge in [0.25, 0.3) is 0 Å². The second-order valence-electron chi connectivity index (χ2n) is 3.08. The Hall–Kier alpha value is -0.700. The summed E-state index contributed by atoms with van der Waals surface area (Å²) in [7, 11) is 0. The molecule has 0 N–H and O–H groups in total. The molecule has 0 spiro atoms. The van der Waals surface area contributed by atoms with E-state index in [1.165, 1.54) is 10.8 Å². The third kappa shape index (κ3) is 2.28. The van der Waals surface area contributed by atoms with Crippen molar-refractivity contribution in [1.29, 1.82) is 0 Å². The fourth-order valence-corrected chi connectivity index (χ4v) is 2.10. The van der Waals surface area contributed by atoms with E-state index in [2.05, 4.69) is 4.99 Å². The predicted molar refractivity (Wildman–Crippen MR) is 64.3 cm³/mol. The summed E-state index contributed by atoms with van der Waals surface area (Å²) in [5.41, 5.74) is 0.974. The molecule has 2 rings (SSSR count). The fourth-order valence-electron chi connectivity index (χ4n) is 1.37. The SMILES string of the molecule is ClC1=CN=CN(Cl)C1c1ccc(Cl)cc1. The summed E-state index contributed by atoms with van der Waals surface area (Å²) < 4.78 is 1.44. The van der Waals surface area contributed by atoms with Crippen LogP contribution in [0.15, 0.2) is 40.5 Å². The molecular formula is C10H7Cl3N2. The molecule has 0 saturated heterocycles. The Kier molecular flexibility index (Phi) is 3.19. The molecule has 1 heterocycles. The van der Waals surface area contributed by atoms with Crippen molar-refractivity contribution in [2.75, 3.05) is 0 Å². The highest BCUT2D eigenvalue weighted by molar-refractivity contribution is 6.32. The molecule has 0 amide bonds. The van der Waals surface area contributed by atoms with Crippen LogP contribution in [-0.4, -0.2) is 10.8 Å². The number of aliphatic imine (C=N–C) groups is 1. The molecule has 1 aliphatic heterocycles. The molecule has 0 bridgehead atoms. The molecule has 1 aliphatic rings. The van der Waals surface area contributed by atoms with Gasteiger partial charge in [0.2, 0.25) is 0 Å². The van der Waals surface area contributed by atoms with E-state index >= 15 is 0 Å². The van der Waals surface area contributed by atoms with Gasteiger partial charge < -0.3 is 0 Å². The maximum atomic E-state index is 6.04. The van der Waals surface area contributed by atoms with Crippen molar-refractivity contribution in [3.63, 3.8) is 0 Å². The molecular weight excluding hydrogens is 254 g/mol. The smallest absolute Gasteiger partial charge is 0.109 e. The third-order valence-corrected chi connectivity index (χ3v) is 2.91. The lowest BCUT2D eigenvalue weighted by Crippen LogP contribution is -2.20. The zero-order valence-corrected chi connectivity index (χ0v) is 9.84. The molecule has 0 aromatic heterocycles. The highest BCUT2D eigenvalue weighted by Gasteiger charge is 2.22. The molecule has 1 aromatic carbocycles. The Morgan fingerprint density at radius 1 is 1.13 bits per heavy atom. The zero-order valence-electron chi connectivity index (χ0n) is 7.57. The molecule has 0 fully saturated rings. The van der Waals surface area contributed by atoms with Crippen molar-refractivity contribution in [2.45, 2.75) is 6.04 Å². The lowest BCUT2D eigenvalue weighted by atomic mass is 10.1. The minimum atomic E-state index is -0.192. The van der Waals surface area contributed by atoms with E-state index < -0.39 is 0 Å². The standard InChI is InChI=1S/C10H7Cl3N2/c11-8-3-1-7(2-4-8)10-9(12)5-14-6-15(10)13/h1-6,10H. The van der Waals surface area contributed by atoms with Gasteiger partial charge in [-0.05, 0) is 17.7 Å². The highest BCUT2D eigenvalue weighted by Crippen LogP contribution is 2.33. The number of hydrogen-bond acceptors (Lipinski definition) is 2. The third-order valence-electron chi connectivity index (χ3n) is 2.07. The molecule has 0 aliphatic carbocycles. The molecule has 2 nitrogen and oxygen atoms in total. The van der Waals surface area contributed by atoms with E-state index in [4.69, 9.17) is 35.0 Å². The fraction of sp³-hybridized carbons (Fsp3) is 0.100.